The Kier molecular flexibility index (Phi) is 6.71. The molecule has 0 spiro atoms. The van der Waals surface area contributed by atoms with Crippen molar-refractivity contribution in [2.24, 2.45) is 4.99 Å². The third kappa shape index (κ3) is 5.33. The Morgan fingerprint density at radius 3 is 2.64 bits per heavy atom. The maximum Gasteiger partial charge on any atom is 0.191 e. The average molecular weight is 338 g/mol. The van der Waals surface area contributed by atoms with Crippen LogP contribution in [0.25, 0.3) is 0 Å². The van der Waals surface area contributed by atoms with Crippen molar-refractivity contribution in [3.05, 3.63) is 57.2 Å². The van der Waals surface area contributed by atoms with Gasteiger partial charge in [0.25, 0.3) is 0 Å². The smallest absolute Gasteiger partial charge is 0.191 e. The van der Waals surface area contributed by atoms with E-state index >= 15 is 0 Å². The SMILES string of the molecule is CCNC(=NCc1ccccc1)NCC(O)c1ccc(Cl)s1. The Morgan fingerprint density at radius 2 is 2.00 bits per heavy atom. The van der Waals surface area contributed by atoms with E-state index in [-0.39, 0.29) is 0 Å². The van der Waals surface area contributed by atoms with Crippen molar-refractivity contribution >= 4 is 28.9 Å². The molecule has 0 radical (unpaired) electrons. The van der Waals surface area contributed by atoms with E-state index < -0.39 is 6.10 Å². The molecule has 1 aromatic heterocycles. The minimum absolute atomic E-state index is 0.386. The van der Waals surface area contributed by atoms with Crippen LogP contribution in [0.4, 0.5) is 0 Å². The number of halogens is 1. The molecule has 3 N–H and O–H groups in total. The van der Waals surface area contributed by atoms with E-state index in [0.717, 1.165) is 17.0 Å². The van der Waals surface area contributed by atoms with Gasteiger partial charge in [-0.25, -0.2) is 4.99 Å². The van der Waals surface area contributed by atoms with Crippen LogP contribution in [-0.4, -0.2) is 24.2 Å². The van der Waals surface area contributed by atoms with Crippen LogP contribution in [0.5, 0.6) is 0 Å². The summed E-state index contributed by atoms with van der Waals surface area (Å²) in [6.45, 7) is 3.76. The quantitative estimate of drug-likeness (QED) is 0.560. The minimum Gasteiger partial charge on any atom is -0.386 e. The number of guanidine groups is 1. The molecule has 0 fully saturated rings. The summed E-state index contributed by atoms with van der Waals surface area (Å²) >= 11 is 7.27. The summed E-state index contributed by atoms with van der Waals surface area (Å²) in [4.78, 5) is 5.36. The highest BCUT2D eigenvalue weighted by Crippen LogP contribution is 2.26. The predicted molar refractivity (Wildman–Crippen MR) is 93.5 cm³/mol. The lowest BCUT2D eigenvalue weighted by Gasteiger charge is -2.14. The number of benzene rings is 1. The number of hydrogen-bond acceptors (Lipinski definition) is 3. The van der Waals surface area contributed by atoms with Crippen LogP contribution in [0.15, 0.2) is 47.5 Å². The number of thiophene rings is 1. The van der Waals surface area contributed by atoms with E-state index in [2.05, 4.69) is 15.6 Å². The van der Waals surface area contributed by atoms with Gasteiger partial charge in [-0.2, -0.15) is 0 Å². The third-order valence-corrected chi connectivity index (χ3v) is 4.32. The maximum atomic E-state index is 10.1. The van der Waals surface area contributed by atoms with Crippen molar-refractivity contribution in [1.82, 2.24) is 10.6 Å². The molecule has 118 valence electrons. The van der Waals surface area contributed by atoms with E-state index in [0.29, 0.717) is 23.4 Å². The van der Waals surface area contributed by atoms with Gasteiger partial charge in [-0.1, -0.05) is 41.9 Å². The molecule has 1 aromatic carbocycles. The van der Waals surface area contributed by atoms with Crippen LogP contribution in [0.2, 0.25) is 4.34 Å². The zero-order chi connectivity index (χ0) is 15.8. The largest absolute Gasteiger partial charge is 0.386 e. The van der Waals surface area contributed by atoms with Gasteiger partial charge in [0.15, 0.2) is 5.96 Å². The number of rotatable bonds is 6. The van der Waals surface area contributed by atoms with Gasteiger partial charge in [-0.05, 0) is 24.6 Å². The number of nitrogens with zero attached hydrogens (tertiary/aromatic N) is 1. The van der Waals surface area contributed by atoms with Gasteiger partial charge < -0.3 is 15.7 Å². The van der Waals surface area contributed by atoms with Crippen LogP contribution >= 0.6 is 22.9 Å². The zero-order valence-corrected chi connectivity index (χ0v) is 14.0. The van der Waals surface area contributed by atoms with E-state index in [9.17, 15) is 5.11 Å². The first kappa shape index (κ1) is 16.8. The van der Waals surface area contributed by atoms with Crippen LogP contribution < -0.4 is 10.6 Å². The molecule has 0 saturated carbocycles. The average Bonchev–Trinajstić information content (AvgIpc) is 2.97. The summed E-state index contributed by atoms with van der Waals surface area (Å²) in [5, 5.41) is 16.5. The van der Waals surface area contributed by atoms with Crippen molar-refractivity contribution in [2.45, 2.75) is 19.6 Å². The fraction of sp³-hybridized carbons (Fsp3) is 0.312. The van der Waals surface area contributed by atoms with Gasteiger partial charge in [-0.3, -0.25) is 0 Å². The van der Waals surface area contributed by atoms with E-state index in [4.69, 9.17) is 11.6 Å². The second-order valence-corrected chi connectivity index (χ2v) is 6.47. The molecule has 2 aromatic rings. The van der Waals surface area contributed by atoms with Crippen LogP contribution in [0.1, 0.15) is 23.5 Å². The molecule has 0 saturated heterocycles. The second-order valence-electron chi connectivity index (χ2n) is 4.72. The molecule has 0 bridgehead atoms. The van der Waals surface area contributed by atoms with Crippen molar-refractivity contribution in [2.75, 3.05) is 13.1 Å². The van der Waals surface area contributed by atoms with Crippen LogP contribution in [0, 0.1) is 0 Å². The second kappa shape index (κ2) is 8.78. The highest BCUT2D eigenvalue weighted by Gasteiger charge is 2.10. The zero-order valence-electron chi connectivity index (χ0n) is 12.4. The summed E-state index contributed by atoms with van der Waals surface area (Å²) in [5.74, 6) is 0.688. The molecule has 4 nitrogen and oxygen atoms in total. The lowest BCUT2D eigenvalue weighted by molar-refractivity contribution is 0.184. The highest BCUT2D eigenvalue weighted by molar-refractivity contribution is 7.16. The first-order chi connectivity index (χ1) is 10.7. The van der Waals surface area contributed by atoms with Crippen molar-refractivity contribution < 1.29 is 5.11 Å². The molecular weight excluding hydrogens is 318 g/mol. The van der Waals surface area contributed by atoms with E-state index in [1.54, 1.807) is 6.07 Å². The molecule has 1 heterocycles. The van der Waals surface area contributed by atoms with Gasteiger partial charge in [0.2, 0.25) is 0 Å². The van der Waals surface area contributed by atoms with Gasteiger partial charge in [-0.15, -0.1) is 11.3 Å². The van der Waals surface area contributed by atoms with Gasteiger partial charge in [0.1, 0.15) is 6.10 Å². The Hall–Kier alpha value is -1.56. The van der Waals surface area contributed by atoms with E-state index in [1.165, 1.54) is 11.3 Å². The first-order valence-electron chi connectivity index (χ1n) is 7.18. The minimum atomic E-state index is -0.599. The molecule has 0 amide bonds. The van der Waals surface area contributed by atoms with Crippen molar-refractivity contribution in [3.8, 4) is 0 Å². The Morgan fingerprint density at radius 1 is 1.23 bits per heavy atom. The summed E-state index contributed by atoms with van der Waals surface area (Å²) in [7, 11) is 0. The van der Waals surface area contributed by atoms with Gasteiger partial charge in [0.05, 0.1) is 10.9 Å². The highest BCUT2D eigenvalue weighted by atomic mass is 35.5. The monoisotopic (exact) mass is 337 g/mol. The molecule has 6 heteroatoms. The molecule has 1 atom stereocenters. The summed E-state index contributed by atoms with van der Waals surface area (Å²) in [6, 6.07) is 13.7. The number of aliphatic hydroxyl groups is 1. The summed E-state index contributed by atoms with van der Waals surface area (Å²) in [5.41, 5.74) is 1.14. The fourth-order valence-corrected chi connectivity index (χ4v) is 2.94. The lowest BCUT2D eigenvalue weighted by atomic mass is 10.2. The number of aliphatic imine (C=N–C) groups is 1. The van der Waals surface area contributed by atoms with Gasteiger partial charge in [0, 0.05) is 18.0 Å². The summed E-state index contributed by atoms with van der Waals surface area (Å²) < 4.78 is 0.679. The van der Waals surface area contributed by atoms with Crippen LogP contribution in [0.3, 0.4) is 0 Å². The number of hydrogen-bond donors (Lipinski definition) is 3. The first-order valence-corrected chi connectivity index (χ1v) is 8.38. The van der Waals surface area contributed by atoms with Crippen LogP contribution in [-0.2, 0) is 6.54 Å². The molecule has 2 rings (SSSR count). The fourth-order valence-electron chi connectivity index (χ4n) is 1.90. The summed E-state index contributed by atoms with van der Waals surface area (Å²) in [6.07, 6.45) is -0.599. The van der Waals surface area contributed by atoms with E-state index in [1.807, 2.05) is 43.3 Å². The standard InChI is InChI=1S/C16H20ClN3OS/c1-2-18-16(19-10-12-6-4-3-5-7-12)20-11-13(21)14-8-9-15(17)22-14/h3-9,13,21H,2,10-11H2,1H3,(H2,18,19,20). The van der Waals surface area contributed by atoms with Gasteiger partial charge >= 0.3 is 0 Å². The predicted octanol–water partition coefficient (Wildman–Crippen LogP) is 3.19. The molecule has 22 heavy (non-hydrogen) atoms. The molecule has 0 aliphatic rings. The lowest BCUT2D eigenvalue weighted by Crippen LogP contribution is -2.39. The van der Waals surface area contributed by atoms with Crippen molar-refractivity contribution in [1.29, 1.82) is 0 Å². The maximum absolute atomic E-state index is 10.1. The number of aliphatic hydroxyl groups excluding tert-OH is 1. The molecular formula is C16H20ClN3OS. The Balaban J connectivity index is 1.90. The Bertz CT molecular complexity index is 600. The Labute approximate surface area is 139 Å². The van der Waals surface area contributed by atoms with Crippen molar-refractivity contribution in [3.63, 3.8) is 0 Å². The number of nitrogens with one attached hydrogen (secondary N) is 2. The molecule has 0 aliphatic heterocycles. The molecule has 1 unspecified atom stereocenters. The molecule has 0 aliphatic carbocycles. The normalized spacial score (nSPS) is 13.0. The topological polar surface area (TPSA) is 56.7 Å². The third-order valence-electron chi connectivity index (χ3n) is 2.99.